The molecule has 0 fully saturated rings. The van der Waals surface area contributed by atoms with Crippen molar-refractivity contribution in [1.29, 1.82) is 0 Å². The molecule has 0 aliphatic rings. The smallest absolute Gasteiger partial charge is 0.326 e. The number of aliphatic carboxylic acids is 1. The molecule has 0 bridgehead atoms. The molecular formula is C13H14FNO4. The maximum absolute atomic E-state index is 13.3. The second-order valence-corrected chi connectivity index (χ2v) is 4.08. The highest BCUT2D eigenvalue weighted by Crippen LogP contribution is 2.07. The zero-order chi connectivity index (χ0) is 14.4. The predicted molar refractivity (Wildman–Crippen MR) is 65.2 cm³/mol. The van der Waals surface area contributed by atoms with Crippen LogP contribution in [0.3, 0.4) is 0 Å². The van der Waals surface area contributed by atoms with Gasteiger partial charge < -0.3 is 15.2 Å². The van der Waals surface area contributed by atoms with Crippen molar-refractivity contribution in [2.24, 2.45) is 0 Å². The molecule has 19 heavy (non-hydrogen) atoms. The molecule has 0 unspecified atom stereocenters. The van der Waals surface area contributed by atoms with Gasteiger partial charge in [-0.3, -0.25) is 4.79 Å². The van der Waals surface area contributed by atoms with Gasteiger partial charge in [0.15, 0.2) is 0 Å². The standard InChI is InChI=1S/C13H14FNO4/c1-8(16)6-7-11(13(18)19)15-12(17)9-4-2-3-5-10(9)14/h2-5,11H,6-7H2,1H3,(H,15,17)(H,18,19)/t11-/m0/s1. The molecule has 1 aromatic rings. The quantitative estimate of drug-likeness (QED) is 0.815. The van der Waals surface area contributed by atoms with Gasteiger partial charge in [0.25, 0.3) is 5.91 Å². The maximum atomic E-state index is 13.3. The Labute approximate surface area is 109 Å². The molecule has 0 aliphatic carbocycles. The summed E-state index contributed by atoms with van der Waals surface area (Å²) in [5, 5.41) is 11.1. The van der Waals surface area contributed by atoms with Crippen molar-refractivity contribution in [3.8, 4) is 0 Å². The molecule has 1 atom stereocenters. The highest BCUT2D eigenvalue weighted by atomic mass is 19.1. The molecule has 0 heterocycles. The first-order valence-electron chi connectivity index (χ1n) is 5.69. The van der Waals surface area contributed by atoms with Crippen molar-refractivity contribution >= 4 is 17.7 Å². The van der Waals surface area contributed by atoms with Gasteiger partial charge in [0, 0.05) is 6.42 Å². The third-order valence-electron chi connectivity index (χ3n) is 2.51. The summed E-state index contributed by atoms with van der Waals surface area (Å²) in [6.07, 6.45) is 0.0133. The molecule has 2 N–H and O–H groups in total. The summed E-state index contributed by atoms with van der Waals surface area (Å²) < 4.78 is 13.3. The van der Waals surface area contributed by atoms with Crippen LogP contribution in [-0.2, 0) is 9.59 Å². The van der Waals surface area contributed by atoms with Crippen molar-refractivity contribution in [1.82, 2.24) is 5.32 Å². The molecule has 102 valence electrons. The number of ketones is 1. The lowest BCUT2D eigenvalue weighted by atomic mass is 10.1. The number of halogens is 1. The largest absolute Gasteiger partial charge is 0.480 e. The topological polar surface area (TPSA) is 83.5 Å². The van der Waals surface area contributed by atoms with Crippen molar-refractivity contribution < 1.29 is 23.9 Å². The molecule has 5 nitrogen and oxygen atoms in total. The Morgan fingerprint density at radius 1 is 1.32 bits per heavy atom. The normalized spacial score (nSPS) is 11.7. The number of hydrogen-bond donors (Lipinski definition) is 2. The molecule has 0 aromatic heterocycles. The van der Waals surface area contributed by atoms with E-state index < -0.39 is 23.7 Å². The summed E-state index contributed by atoms with van der Waals surface area (Å²) in [5.41, 5.74) is -0.225. The van der Waals surface area contributed by atoms with Gasteiger partial charge in [0.1, 0.15) is 17.6 Å². The number of Topliss-reactive ketones (excluding diaryl/α,β-unsaturated/α-hetero) is 1. The molecule has 1 amide bonds. The first-order valence-corrected chi connectivity index (χ1v) is 5.69. The van der Waals surface area contributed by atoms with E-state index in [-0.39, 0.29) is 24.2 Å². The number of carbonyl (C=O) groups is 3. The van der Waals surface area contributed by atoms with Crippen LogP contribution < -0.4 is 5.32 Å². The molecule has 1 rings (SSSR count). The SMILES string of the molecule is CC(=O)CC[C@H](NC(=O)c1ccccc1F)C(=O)O. The monoisotopic (exact) mass is 267 g/mol. The van der Waals surface area contributed by atoms with Crippen LogP contribution >= 0.6 is 0 Å². The molecular weight excluding hydrogens is 253 g/mol. The molecule has 0 aliphatic heterocycles. The third-order valence-corrected chi connectivity index (χ3v) is 2.51. The Bertz CT molecular complexity index is 501. The van der Waals surface area contributed by atoms with Gasteiger partial charge in [0.05, 0.1) is 5.56 Å². The number of rotatable bonds is 6. The van der Waals surface area contributed by atoms with E-state index in [0.717, 1.165) is 6.07 Å². The van der Waals surface area contributed by atoms with Gasteiger partial charge >= 0.3 is 5.97 Å². The van der Waals surface area contributed by atoms with Crippen LogP contribution in [0.5, 0.6) is 0 Å². The fourth-order valence-electron chi connectivity index (χ4n) is 1.49. The van der Waals surface area contributed by atoms with E-state index in [1.54, 1.807) is 0 Å². The average Bonchev–Trinajstić information content (AvgIpc) is 2.34. The maximum Gasteiger partial charge on any atom is 0.326 e. The average molecular weight is 267 g/mol. The van der Waals surface area contributed by atoms with Crippen molar-refractivity contribution in [3.63, 3.8) is 0 Å². The number of carboxylic acid groups (broad SMARTS) is 1. The van der Waals surface area contributed by atoms with Gasteiger partial charge in [-0.1, -0.05) is 12.1 Å². The molecule has 6 heteroatoms. The van der Waals surface area contributed by atoms with Crippen LogP contribution in [0.1, 0.15) is 30.1 Å². The lowest BCUT2D eigenvalue weighted by molar-refractivity contribution is -0.139. The van der Waals surface area contributed by atoms with E-state index in [9.17, 15) is 18.8 Å². The zero-order valence-corrected chi connectivity index (χ0v) is 10.4. The van der Waals surface area contributed by atoms with Crippen LogP contribution in [0.15, 0.2) is 24.3 Å². The van der Waals surface area contributed by atoms with Crippen molar-refractivity contribution in [2.75, 3.05) is 0 Å². The fraction of sp³-hybridized carbons (Fsp3) is 0.308. The molecule has 0 saturated heterocycles. The first-order chi connectivity index (χ1) is 8.91. The Balaban J connectivity index is 2.74. The molecule has 0 radical (unpaired) electrons. The van der Waals surface area contributed by atoms with Gasteiger partial charge in [0.2, 0.25) is 0 Å². The fourth-order valence-corrected chi connectivity index (χ4v) is 1.49. The Morgan fingerprint density at radius 2 is 1.95 bits per heavy atom. The van der Waals surface area contributed by atoms with E-state index in [2.05, 4.69) is 5.32 Å². The lowest BCUT2D eigenvalue weighted by Crippen LogP contribution is -2.41. The number of hydrogen-bond acceptors (Lipinski definition) is 3. The second-order valence-electron chi connectivity index (χ2n) is 4.08. The second kappa shape index (κ2) is 6.63. The van der Waals surface area contributed by atoms with Crippen LogP contribution in [0.25, 0.3) is 0 Å². The summed E-state index contributed by atoms with van der Waals surface area (Å²) in [4.78, 5) is 33.5. The first kappa shape index (κ1) is 14.8. The highest BCUT2D eigenvalue weighted by Gasteiger charge is 2.22. The Kier molecular flexibility index (Phi) is 5.17. The van der Waals surface area contributed by atoms with Crippen LogP contribution in [0.2, 0.25) is 0 Å². The third kappa shape index (κ3) is 4.50. The Hall–Kier alpha value is -2.24. The molecule has 0 saturated carbocycles. The van der Waals surface area contributed by atoms with Gasteiger partial charge in [-0.15, -0.1) is 0 Å². The Morgan fingerprint density at radius 3 is 2.47 bits per heavy atom. The molecule has 1 aromatic carbocycles. The number of carboxylic acids is 1. The number of carbonyl (C=O) groups excluding carboxylic acids is 2. The van der Waals surface area contributed by atoms with Crippen LogP contribution in [0.4, 0.5) is 4.39 Å². The van der Waals surface area contributed by atoms with E-state index in [0.29, 0.717) is 0 Å². The van der Waals surface area contributed by atoms with E-state index in [1.807, 2.05) is 0 Å². The van der Waals surface area contributed by atoms with E-state index >= 15 is 0 Å². The van der Waals surface area contributed by atoms with Crippen LogP contribution in [-0.4, -0.2) is 28.8 Å². The molecule has 0 spiro atoms. The number of amides is 1. The van der Waals surface area contributed by atoms with Crippen molar-refractivity contribution in [3.05, 3.63) is 35.6 Å². The van der Waals surface area contributed by atoms with Crippen molar-refractivity contribution in [2.45, 2.75) is 25.8 Å². The number of benzene rings is 1. The summed E-state index contributed by atoms with van der Waals surface area (Å²) >= 11 is 0. The number of nitrogens with one attached hydrogen (secondary N) is 1. The highest BCUT2D eigenvalue weighted by molar-refractivity contribution is 5.96. The van der Waals surface area contributed by atoms with E-state index in [1.165, 1.54) is 25.1 Å². The minimum atomic E-state index is -1.26. The lowest BCUT2D eigenvalue weighted by Gasteiger charge is -2.14. The minimum absolute atomic E-state index is 0.0230. The minimum Gasteiger partial charge on any atom is -0.480 e. The van der Waals surface area contributed by atoms with E-state index in [4.69, 9.17) is 5.11 Å². The van der Waals surface area contributed by atoms with Gasteiger partial charge in [-0.2, -0.15) is 0 Å². The summed E-state index contributed by atoms with van der Waals surface area (Å²) in [5.74, 6) is -2.97. The van der Waals surface area contributed by atoms with Crippen LogP contribution in [0, 0.1) is 5.82 Å². The predicted octanol–water partition coefficient (Wildman–Crippen LogP) is 1.38. The summed E-state index contributed by atoms with van der Waals surface area (Å²) in [6, 6.07) is 4.06. The van der Waals surface area contributed by atoms with Gasteiger partial charge in [-0.05, 0) is 25.5 Å². The zero-order valence-electron chi connectivity index (χ0n) is 10.4. The summed E-state index contributed by atoms with van der Waals surface area (Å²) in [7, 11) is 0. The van der Waals surface area contributed by atoms with Gasteiger partial charge in [-0.25, -0.2) is 9.18 Å². The summed E-state index contributed by atoms with van der Waals surface area (Å²) in [6.45, 7) is 1.33.